The molecule has 0 aliphatic rings. The fraction of sp³-hybridized carbons (Fsp3) is 0.238. The zero-order valence-electron chi connectivity index (χ0n) is 15.0. The maximum absolute atomic E-state index is 12.7. The van der Waals surface area contributed by atoms with Gasteiger partial charge in [-0.15, -0.1) is 0 Å². The molecule has 0 N–H and O–H groups in total. The van der Waals surface area contributed by atoms with Crippen LogP contribution in [0.15, 0.2) is 54.6 Å². The maximum atomic E-state index is 12.7. The summed E-state index contributed by atoms with van der Waals surface area (Å²) in [5.41, 5.74) is 4.14. The van der Waals surface area contributed by atoms with Gasteiger partial charge >= 0.3 is 5.97 Å². The lowest BCUT2D eigenvalue weighted by atomic mass is 10.0. The number of carbonyl (C=O) groups is 1. The second-order valence-corrected chi connectivity index (χ2v) is 6.41. The molecule has 0 saturated heterocycles. The second-order valence-electron chi connectivity index (χ2n) is 6.41. The number of carbonyl (C=O) groups excluding carboxylic acids is 1. The zero-order valence-corrected chi connectivity index (χ0v) is 15.0. The molecule has 25 heavy (non-hydrogen) atoms. The summed E-state index contributed by atoms with van der Waals surface area (Å²) in [6.45, 7) is 7.99. The summed E-state index contributed by atoms with van der Waals surface area (Å²) >= 11 is 0. The van der Waals surface area contributed by atoms with Crippen molar-refractivity contribution in [3.8, 4) is 11.6 Å². The molecular weight excluding hydrogens is 312 g/mol. The number of ether oxygens (including phenoxy) is 1. The van der Waals surface area contributed by atoms with Crippen molar-refractivity contribution in [2.75, 3.05) is 0 Å². The van der Waals surface area contributed by atoms with Crippen LogP contribution >= 0.6 is 0 Å². The number of hydrogen-bond acceptors (Lipinski definition) is 3. The van der Waals surface area contributed by atoms with Crippen LogP contribution in [0, 0.1) is 13.8 Å². The third kappa shape index (κ3) is 3.33. The van der Waals surface area contributed by atoms with E-state index in [1.807, 2.05) is 62.4 Å². The molecule has 3 aromatic rings. The van der Waals surface area contributed by atoms with Gasteiger partial charge in [0.1, 0.15) is 0 Å². The van der Waals surface area contributed by atoms with Crippen molar-refractivity contribution in [1.29, 1.82) is 0 Å². The Morgan fingerprint density at radius 2 is 1.64 bits per heavy atom. The zero-order chi connectivity index (χ0) is 18.0. The molecule has 0 aliphatic carbocycles. The molecule has 0 bridgehead atoms. The van der Waals surface area contributed by atoms with Crippen molar-refractivity contribution in [2.24, 2.45) is 0 Å². The van der Waals surface area contributed by atoms with E-state index < -0.39 is 0 Å². The minimum absolute atomic E-state index is 0.192. The molecule has 0 unspecified atom stereocenters. The van der Waals surface area contributed by atoms with Crippen LogP contribution < -0.4 is 4.74 Å². The van der Waals surface area contributed by atoms with Crippen molar-refractivity contribution in [2.45, 2.75) is 33.6 Å². The normalized spacial score (nSPS) is 10.9. The first-order chi connectivity index (χ1) is 12.0. The van der Waals surface area contributed by atoms with E-state index in [1.165, 1.54) is 0 Å². The van der Waals surface area contributed by atoms with Gasteiger partial charge in [0.15, 0.2) is 0 Å². The van der Waals surface area contributed by atoms with Crippen LogP contribution in [-0.2, 0) is 0 Å². The molecule has 0 radical (unpaired) electrons. The number of rotatable bonds is 4. The molecule has 0 atom stereocenters. The van der Waals surface area contributed by atoms with Crippen LogP contribution in [0.2, 0.25) is 0 Å². The van der Waals surface area contributed by atoms with E-state index in [4.69, 9.17) is 4.74 Å². The molecule has 2 aromatic carbocycles. The number of benzene rings is 2. The van der Waals surface area contributed by atoms with E-state index in [1.54, 1.807) is 10.7 Å². The van der Waals surface area contributed by atoms with Crippen molar-refractivity contribution in [3.63, 3.8) is 0 Å². The lowest BCUT2D eigenvalue weighted by Gasteiger charge is -2.12. The predicted octanol–water partition coefficient (Wildman–Crippen LogP) is 4.83. The van der Waals surface area contributed by atoms with Gasteiger partial charge in [-0.3, -0.25) is 0 Å². The fourth-order valence-electron chi connectivity index (χ4n) is 2.97. The minimum Gasteiger partial charge on any atom is -0.403 e. The summed E-state index contributed by atoms with van der Waals surface area (Å²) in [7, 11) is 0. The Hall–Kier alpha value is -2.88. The first kappa shape index (κ1) is 17.0. The number of esters is 1. The van der Waals surface area contributed by atoms with Crippen molar-refractivity contribution >= 4 is 5.97 Å². The summed E-state index contributed by atoms with van der Waals surface area (Å²) in [5.74, 6) is 0.321. The lowest BCUT2D eigenvalue weighted by Crippen LogP contribution is -2.14. The number of nitrogens with zero attached hydrogens (tertiary/aromatic N) is 2. The van der Waals surface area contributed by atoms with Gasteiger partial charge < -0.3 is 4.74 Å². The molecule has 0 saturated carbocycles. The Bertz CT molecular complexity index is 896. The average molecular weight is 334 g/mol. The van der Waals surface area contributed by atoms with Gasteiger partial charge in [0.2, 0.25) is 5.88 Å². The highest BCUT2D eigenvalue weighted by molar-refractivity contribution is 5.92. The first-order valence-electron chi connectivity index (χ1n) is 8.41. The topological polar surface area (TPSA) is 44.1 Å². The van der Waals surface area contributed by atoms with E-state index in [2.05, 4.69) is 18.9 Å². The Morgan fingerprint density at radius 3 is 2.28 bits per heavy atom. The standard InChI is InChI=1S/C21H22N2O2/c1-14(2)19-16(4)22-23(17-11-6-5-7-12-17)20(19)25-21(24)18-13-9-8-10-15(18)3/h5-14H,1-4H3. The van der Waals surface area contributed by atoms with Crippen molar-refractivity contribution < 1.29 is 9.53 Å². The molecule has 0 spiro atoms. The third-order valence-corrected chi connectivity index (χ3v) is 4.20. The van der Waals surface area contributed by atoms with Gasteiger partial charge in [-0.25, -0.2) is 9.48 Å². The summed E-state index contributed by atoms with van der Waals surface area (Å²) in [5, 5.41) is 4.61. The highest BCUT2D eigenvalue weighted by Gasteiger charge is 2.23. The molecule has 1 aromatic heterocycles. The van der Waals surface area contributed by atoms with E-state index in [0.29, 0.717) is 11.4 Å². The molecule has 0 amide bonds. The Labute approximate surface area is 148 Å². The molecule has 4 nitrogen and oxygen atoms in total. The quantitative estimate of drug-likeness (QED) is 0.642. The van der Waals surface area contributed by atoms with E-state index in [-0.39, 0.29) is 11.9 Å². The molecular formula is C21H22N2O2. The summed E-state index contributed by atoms with van der Waals surface area (Å²) < 4.78 is 7.55. The first-order valence-corrected chi connectivity index (χ1v) is 8.41. The summed E-state index contributed by atoms with van der Waals surface area (Å²) in [6, 6.07) is 17.1. The van der Waals surface area contributed by atoms with Crippen LogP contribution in [0.3, 0.4) is 0 Å². The highest BCUT2D eigenvalue weighted by Crippen LogP contribution is 2.32. The SMILES string of the molecule is Cc1ccccc1C(=O)Oc1c(C(C)C)c(C)nn1-c1ccccc1. The number of para-hydroxylation sites is 1. The van der Waals surface area contributed by atoms with Gasteiger partial charge in [0.05, 0.1) is 16.9 Å². The Balaban J connectivity index is 2.08. The number of hydrogen-bond donors (Lipinski definition) is 0. The van der Waals surface area contributed by atoms with Gasteiger partial charge in [-0.05, 0) is 43.5 Å². The van der Waals surface area contributed by atoms with Gasteiger partial charge in [-0.2, -0.15) is 5.10 Å². The summed E-state index contributed by atoms with van der Waals surface area (Å²) in [6.07, 6.45) is 0. The average Bonchev–Trinajstić information content (AvgIpc) is 2.92. The fourth-order valence-corrected chi connectivity index (χ4v) is 2.97. The number of aryl methyl sites for hydroxylation is 2. The van der Waals surface area contributed by atoms with E-state index >= 15 is 0 Å². The molecule has 3 rings (SSSR count). The summed E-state index contributed by atoms with van der Waals surface area (Å²) in [4.78, 5) is 12.7. The predicted molar refractivity (Wildman–Crippen MR) is 98.5 cm³/mol. The van der Waals surface area contributed by atoms with Crippen molar-refractivity contribution in [1.82, 2.24) is 9.78 Å². The smallest absolute Gasteiger partial charge is 0.345 e. The minimum atomic E-state index is -0.364. The largest absolute Gasteiger partial charge is 0.403 e. The monoisotopic (exact) mass is 334 g/mol. The van der Waals surface area contributed by atoms with Crippen LogP contribution in [0.25, 0.3) is 5.69 Å². The molecule has 0 aliphatic heterocycles. The highest BCUT2D eigenvalue weighted by atomic mass is 16.5. The van der Waals surface area contributed by atoms with Crippen LogP contribution in [-0.4, -0.2) is 15.7 Å². The molecule has 0 fully saturated rings. The molecule has 1 heterocycles. The molecule has 128 valence electrons. The van der Waals surface area contributed by atoms with Gasteiger partial charge in [0.25, 0.3) is 0 Å². The van der Waals surface area contributed by atoms with E-state index in [9.17, 15) is 4.79 Å². The lowest BCUT2D eigenvalue weighted by molar-refractivity contribution is 0.0720. The van der Waals surface area contributed by atoms with Crippen LogP contribution in [0.4, 0.5) is 0 Å². The number of aromatic nitrogens is 2. The second kappa shape index (κ2) is 6.93. The van der Waals surface area contributed by atoms with Crippen LogP contribution in [0.1, 0.15) is 46.9 Å². The van der Waals surface area contributed by atoms with Gasteiger partial charge in [-0.1, -0.05) is 50.2 Å². The van der Waals surface area contributed by atoms with Crippen molar-refractivity contribution in [3.05, 3.63) is 77.0 Å². The Morgan fingerprint density at radius 1 is 1.00 bits per heavy atom. The van der Waals surface area contributed by atoms with E-state index in [0.717, 1.165) is 22.5 Å². The van der Waals surface area contributed by atoms with Gasteiger partial charge in [0, 0.05) is 5.56 Å². The third-order valence-electron chi connectivity index (χ3n) is 4.20. The van der Waals surface area contributed by atoms with Crippen LogP contribution in [0.5, 0.6) is 5.88 Å². The Kier molecular flexibility index (Phi) is 4.70. The molecule has 4 heteroatoms. The maximum Gasteiger partial charge on any atom is 0.345 e.